The van der Waals surface area contributed by atoms with Crippen LogP contribution in [0.5, 0.6) is 11.5 Å². The van der Waals surface area contributed by atoms with E-state index < -0.39 is 11.9 Å². The van der Waals surface area contributed by atoms with Gasteiger partial charge in [0.05, 0.1) is 24.2 Å². The summed E-state index contributed by atoms with van der Waals surface area (Å²) in [6.07, 6.45) is 0.781. The number of amides is 2. The van der Waals surface area contributed by atoms with Gasteiger partial charge in [-0.3, -0.25) is 4.79 Å². The molecule has 0 bridgehead atoms. The molecule has 0 fully saturated rings. The Morgan fingerprint density at radius 1 is 1.38 bits per heavy atom. The third-order valence-electron chi connectivity index (χ3n) is 3.62. The summed E-state index contributed by atoms with van der Waals surface area (Å²) in [5, 5.41) is 12.1. The van der Waals surface area contributed by atoms with Crippen molar-refractivity contribution in [3.8, 4) is 11.5 Å². The molecule has 0 saturated heterocycles. The molecule has 24 heavy (non-hydrogen) atoms. The molecule has 1 aromatic carbocycles. The van der Waals surface area contributed by atoms with Gasteiger partial charge in [-0.15, -0.1) is 0 Å². The average molecular weight is 357 g/mol. The van der Waals surface area contributed by atoms with Gasteiger partial charge >= 0.3 is 12.0 Å². The zero-order chi connectivity index (χ0) is 17.7. The fourth-order valence-electron chi connectivity index (χ4n) is 2.27. The summed E-state index contributed by atoms with van der Waals surface area (Å²) in [5.74, 6) is -0.480. The van der Waals surface area contributed by atoms with E-state index in [1.54, 1.807) is 26.1 Å². The van der Waals surface area contributed by atoms with Gasteiger partial charge in [0.25, 0.3) is 0 Å². The summed E-state index contributed by atoms with van der Waals surface area (Å²) in [6.45, 7) is 3.03. The number of fused-ring (bicyclic) bond motifs is 1. The van der Waals surface area contributed by atoms with Crippen LogP contribution >= 0.6 is 11.6 Å². The molecule has 0 saturated carbocycles. The molecule has 2 amide bonds. The highest BCUT2D eigenvalue weighted by Crippen LogP contribution is 2.37. The van der Waals surface area contributed by atoms with E-state index in [2.05, 4.69) is 5.32 Å². The summed E-state index contributed by atoms with van der Waals surface area (Å²) in [6, 6.07) is 3.15. The fraction of sp³-hybridized carbons (Fsp3) is 0.500. The average Bonchev–Trinajstić information content (AvgIpc) is 2.78. The lowest BCUT2D eigenvalue weighted by atomic mass is 10.2. The molecule has 2 N–H and O–H groups in total. The molecule has 7 nitrogen and oxygen atoms in total. The second-order valence-electron chi connectivity index (χ2n) is 5.73. The first kappa shape index (κ1) is 18.2. The molecule has 8 heteroatoms. The van der Waals surface area contributed by atoms with E-state index in [-0.39, 0.29) is 19.1 Å². The molecule has 1 unspecified atom stereocenters. The zero-order valence-corrected chi connectivity index (χ0v) is 14.4. The number of benzene rings is 1. The number of nitrogens with zero attached hydrogens (tertiary/aromatic N) is 1. The number of aliphatic carboxylic acids is 1. The highest BCUT2D eigenvalue weighted by atomic mass is 35.5. The number of carbonyl (C=O) groups is 2. The van der Waals surface area contributed by atoms with Crippen LogP contribution in [-0.4, -0.2) is 48.8 Å². The predicted octanol–water partition coefficient (Wildman–Crippen LogP) is 2.36. The molecular formula is C16H21ClN2O5. The van der Waals surface area contributed by atoms with Gasteiger partial charge in [0.2, 0.25) is 0 Å². The molecule has 0 spiro atoms. The Hall–Kier alpha value is -2.15. The maximum Gasteiger partial charge on any atom is 0.317 e. The van der Waals surface area contributed by atoms with Crippen LogP contribution in [-0.2, 0) is 11.3 Å². The molecule has 2 rings (SSSR count). The topological polar surface area (TPSA) is 88.1 Å². The van der Waals surface area contributed by atoms with Crippen LogP contribution in [0, 0.1) is 5.92 Å². The van der Waals surface area contributed by atoms with Crippen molar-refractivity contribution < 1.29 is 24.2 Å². The van der Waals surface area contributed by atoms with Gasteiger partial charge in [-0.1, -0.05) is 18.5 Å². The molecule has 0 radical (unpaired) electrons. The Morgan fingerprint density at radius 2 is 2.08 bits per heavy atom. The highest BCUT2D eigenvalue weighted by Gasteiger charge is 2.18. The number of halogens is 1. The van der Waals surface area contributed by atoms with E-state index in [9.17, 15) is 9.59 Å². The van der Waals surface area contributed by atoms with Crippen molar-refractivity contribution in [1.29, 1.82) is 0 Å². The van der Waals surface area contributed by atoms with E-state index in [0.29, 0.717) is 29.7 Å². The Balaban J connectivity index is 1.96. The molecule has 1 aromatic rings. The van der Waals surface area contributed by atoms with Crippen molar-refractivity contribution in [3.05, 3.63) is 22.7 Å². The van der Waals surface area contributed by atoms with E-state index in [0.717, 1.165) is 12.0 Å². The minimum absolute atomic E-state index is 0.128. The SMILES string of the molecule is CC(CN(C)C(=O)NCc1cc(Cl)c2c(c1)OCCCO2)C(=O)O. The van der Waals surface area contributed by atoms with Crippen molar-refractivity contribution in [2.45, 2.75) is 19.9 Å². The zero-order valence-electron chi connectivity index (χ0n) is 13.7. The van der Waals surface area contributed by atoms with Crippen LogP contribution in [0.3, 0.4) is 0 Å². The maximum absolute atomic E-state index is 12.0. The number of ether oxygens (including phenoxy) is 2. The normalized spacial score (nSPS) is 14.5. The molecular weight excluding hydrogens is 336 g/mol. The highest BCUT2D eigenvalue weighted by molar-refractivity contribution is 6.32. The first-order valence-electron chi connectivity index (χ1n) is 7.68. The Kier molecular flexibility index (Phi) is 6.14. The van der Waals surface area contributed by atoms with Crippen molar-refractivity contribution >= 4 is 23.6 Å². The number of nitrogens with one attached hydrogen (secondary N) is 1. The standard InChI is InChI=1S/C16H21ClN2O5/c1-10(15(20)21)9-19(2)16(22)18-8-11-6-12(17)14-13(7-11)23-4-3-5-24-14/h6-7,10H,3-5,8-9H2,1-2H3,(H,18,22)(H,20,21). The molecule has 132 valence electrons. The lowest BCUT2D eigenvalue weighted by molar-refractivity contribution is -0.141. The quantitative estimate of drug-likeness (QED) is 0.845. The van der Waals surface area contributed by atoms with Crippen molar-refractivity contribution in [3.63, 3.8) is 0 Å². The van der Waals surface area contributed by atoms with Crippen LogP contribution in [0.25, 0.3) is 0 Å². The number of hydrogen-bond donors (Lipinski definition) is 2. The van der Waals surface area contributed by atoms with Crippen LogP contribution in [0.15, 0.2) is 12.1 Å². The van der Waals surface area contributed by atoms with Gasteiger partial charge in [0.1, 0.15) is 0 Å². The largest absolute Gasteiger partial charge is 0.489 e. The summed E-state index contributed by atoms with van der Waals surface area (Å²) in [7, 11) is 1.55. The van der Waals surface area contributed by atoms with E-state index in [1.807, 2.05) is 0 Å². The molecule has 1 heterocycles. The Bertz CT molecular complexity index is 623. The van der Waals surface area contributed by atoms with E-state index in [1.165, 1.54) is 4.90 Å². The van der Waals surface area contributed by atoms with E-state index >= 15 is 0 Å². The minimum Gasteiger partial charge on any atom is -0.489 e. The maximum atomic E-state index is 12.0. The molecule has 1 aliphatic heterocycles. The van der Waals surface area contributed by atoms with Crippen molar-refractivity contribution in [1.82, 2.24) is 10.2 Å². The van der Waals surface area contributed by atoms with Crippen molar-refractivity contribution in [2.75, 3.05) is 26.8 Å². The van der Waals surface area contributed by atoms with Crippen LogP contribution < -0.4 is 14.8 Å². The third-order valence-corrected chi connectivity index (χ3v) is 3.90. The van der Waals surface area contributed by atoms with Crippen LogP contribution in [0.1, 0.15) is 18.9 Å². The van der Waals surface area contributed by atoms with Crippen molar-refractivity contribution in [2.24, 2.45) is 5.92 Å². The number of urea groups is 1. The number of rotatable bonds is 5. The molecule has 1 aliphatic rings. The summed E-state index contributed by atoms with van der Waals surface area (Å²) < 4.78 is 11.2. The monoisotopic (exact) mass is 356 g/mol. The Labute approximate surface area is 145 Å². The molecule has 1 atom stereocenters. The van der Waals surface area contributed by atoms with E-state index in [4.69, 9.17) is 26.2 Å². The summed E-state index contributed by atoms with van der Waals surface area (Å²) in [5.41, 5.74) is 0.775. The predicted molar refractivity (Wildman–Crippen MR) is 88.7 cm³/mol. The Morgan fingerprint density at radius 3 is 2.79 bits per heavy atom. The van der Waals surface area contributed by atoms with Gasteiger partial charge in [-0.2, -0.15) is 0 Å². The first-order valence-corrected chi connectivity index (χ1v) is 8.06. The lowest BCUT2D eigenvalue weighted by Gasteiger charge is -2.20. The number of carboxylic acids is 1. The number of carbonyl (C=O) groups excluding carboxylic acids is 1. The van der Waals surface area contributed by atoms with Crippen LogP contribution in [0.4, 0.5) is 4.79 Å². The molecule has 0 aromatic heterocycles. The third kappa shape index (κ3) is 4.67. The van der Waals surface area contributed by atoms with Gasteiger partial charge in [-0.25, -0.2) is 4.79 Å². The molecule has 0 aliphatic carbocycles. The lowest BCUT2D eigenvalue weighted by Crippen LogP contribution is -2.40. The van der Waals surface area contributed by atoms with Gasteiger partial charge in [0, 0.05) is 26.6 Å². The minimum atomic E-state index is -0.940. The summed E-state index contributed by atoms with van der Waals surface area (Å²) >= 11 is 6.21. The van der Waals surface area contributed by atoms with Gasteiger partial charge < -0.3 is 24.8 Å². The van der Waals surface area contributed by atoms with Gasteiger partial charge in [-0.05, 0) is 17.7 Å². The first-order chi connectivity index (χ1) is 11.4. The number of hydrogen-bond acceptors (Lipinski definition) is 4. The second kappa shape index (κ2) is 8.10. The second-order valence-corrected chi connectivity index (χ2v) is 6.14. The smallest absolute Gasteiger partial charge is 0.317 e. The fourth-order valence-corrected chi connectivity index (χ4v) is 2.56. The summed E-state index contributed by atoms with van der Waals surface area (Å²) in [4.78, 5) is 24.2. The van der Waals surface area contributed by atoms with Gasteiger partial charge in [0.15, 0.2) is 11.5 Å². The van der Waals surface area contributed by atoms with Crippen LogP contribution in [0.2, 0.25) is 5.02 Å². The number of carboxylic acid groups (broad SMARTS) is 1.